The molecule has 1 fully saturated rings. The standard InChI is InChI=1S/C15H21N3O4S/c1-23(21,22)18-12-6-4-11(5-7-12)3-2-10-16-15(20)13-8-9-14(19)17-13/h4-7,13,18H,2-3,8-10H2,1H3,(H,16,20)(H,17,19). The molecule has 0 aliphatic carbocycles. The molecule has 1 aliphatic rings. The van der Waals surface area contributed by atoms with Crippen LogP contribution in [0.2, 0.25) is 0 Å². The minimum atomic E-state index is -3.26. The Kier molecular flexibility index (Phi) is 5.59. The zero-order valence-electron chi connectivity index (χ0n) is 13.0. The van der Waals surface area contributed by atoms with Crippen LogP contribution in [-0.4, -0.2) is 39.1 Å². The van der Waals surface area contributed by atoms with Crippen LogP contribution in [0.25, 0.3) is 0 Å². The number of nitrogens with one attached hydrogen (secondary N) is 3. The molecule has 0 aromatic heterocycles. The van der Waals surface area contributed by atoms with Crippen molar-refractivity contribution in [2.75, 3.05) is 17.5 Å². The molecule has 1 heterocycles. The van der Waals surface area contributed by atoms with E-state index in [1.165, 1.54) is 0 Å². The Bertz CT molecular complexity index is 670. The Balaban J connectivity index is 1.70. The van der Waals surface area contributed by atoms with Gasteiger partial charge < -0.3 is 10.6 Å². The van der Waals surface area contributed by atoms with Gasteiger partial charge >= 0.3 is 0 Å². The van der Waals surface area contributed by atoms with Crippen molar-refractivity contribution in [3.05, 3.63) is 29.8 Å². The van der Waals surface area contributed by atoms with Gasteiger partial charge in [-0.2, -0.15) is 0 Å². The highest BCUT2D eigenvalue weighted by Crippen LogP contribution is 2.12. The summed E-state index contributed by atoms with van der Waals surface area (Å²) in [4.78, 5) is 22.8. The second-order valence-electron chi connectivity index (χ2n) is 5.62. The van der Waals surface area contributed by atoms with E-state index in [9.17, 15) is 18.0 Å². The maximum absolute atomic E-state index is 11.8. The third kappa shape index (κ3) is 5.90. The van der Waals surface area contributed by atoms with Crippen LogP contribution in [0, 0.1) is 0 Å². The molecule has 8 heteroatoms. The molecule has 0 spiro atoms. The molecule has 1 aromatic rings. The minimum Gasteiger partial charge on any atom is -0.354 e. The lowest BCUT2D eigenvalue weighted by molar-refractivity contribution is -0.125. The molecule has 0 bridgehead atoms. The number of hydrogen-bond donors (Lipinski definition) is 3. The average molecular weight is 339 g/mol. The average Bonchev–Trinajstić information content (AvgIpc) is 2.90. The fourth-order valence-corrected chi connectivity index (χ4v) is 2.96. The van der Waals surface area contributed by atoms with Crippen molar-refractivity contribution >= 4 is 27.5 Å². The first-order valence-electron chi connectivity index (χ1n) is 7.47. The fraction of sp³-hybridized carbons (Fsp3) is 0.467. The quantitative estimate of drug-likeness (QED) is 0.625. The molecule has 2 amide bonds. The molecule has 0 radical (unpaired) electrons. The highest BCUT2D eigenvalue weighted by molar-refractivity contribution is 7.92. The Morgan fingerprint density at radius 1 is 1.30 bits per heavy atom. The summed E-state index contributed by atoms with van der Waals surface area (Å²) in [6.45, 7) is 0.536. The van der Waals surface area contributed by atoms with Crippen LogP contribution in [0.1, 0.15) is 24.8 Å². The van der Waals surface area contributed by atoms with Gasteiger partial charge in [0, 0.05) is 18.7 Å². The van der Waals surface area contributed by atoms with Gasteiger partial charge in [-0.25, -0.2) is 8.42 Å². The molecule has 0 saturated carbocycles. The van der Waals surface area contributed by atoms with E-state index in [4.69, 9.17) is 0 Å². The van der Waals surface area contributed by atoms with E-state index in [0.717, 1.165) is 24.7 Å². The zero-order valence-corrected chi connectivity index (χ0v) is 13.8. The summed E-state index contributed by atoms with van der Waals surface area (Å²) in [6, 6.07) is 6.73. The van der Waals surface area contributed by atoms with E-state index in [0.29, 0.717) is 25.1 Å². The number of carbonyl (C=O) groups is 2. The SMILES string of the molecule is CS(=O)(=O)Nc1ccc(CCCNC(=O)C2CCC(=O)N2)cc1. The van der Waals surface area contributed by atoms with E-state index in [-0.39, 0.29) is 11.8 Å². The van der Waals surface area contributed by atoms with Crippen LogP contribution in [-0.2, 0) is 26.0 Å². The summed E-state index contributed by atoms with van der Waals surface area (Å²) in [5.41, 5.74) is 1.59. The first-order valence-corrected chi connectivity index (χ1v) is 9.36. The third-order valence-electron chi connectivity index (χ3n) is 3.51. The van der Waals surface area contributed by atoms with Gasteiger partial charge in [0.15, 0.2) is 0 Å². The topological polar surface area (TPSA) is 104 Å². The highest BCUT2D eigenvalue weighted by Gasteiger charge is 2.26. The Hall–Kier alpha value is -2.09. The summed E-state index contributed by atoms with van der Waals surface area (Å²) in [7, 11) is -3.26. The summed E-state index contributed by atoms with van der Waals surface area (Å²) in [5, 5.41) is 5.44. The molecule has 1 aliphatic heterocycles. The van der Waals surface area contributed by atoms with Gasteiger partial charge in [0.2, 0.25) is 21.8 Å². The monoisotopic (exact) mass is 339 g/mol. The van der Waals surface area contributed by atoms with Crippen LogP contribution in [0.4, 0.5) is 5.69 Å². The molecule has 3 N–H and O–H groups in total. The zero-order chi connectivity index (χ0) is 16.9. The minimum absolute atomic E-state index is 0.0760. The molecule has 1 atom stereocenters. The van der Waals surface area contributed by atoms with Crippen LogP contribution in [0.3, 0.4) is 0 Å². The van der Waals surface area contributed by atoms with Crippen molar-refractivity contribution < 1.29 is 18.0 Å². The van der Waals surface area contributed by atoms with Crippen LogP contribution >= 0.6 is 0 Å². The highest BCUT2D eigenvalue weighted by atomic mass is 32.2. The molecule has 126 valence electrons. The molecule has 1 unspecified atom stereocenters. The number of sulfonamides is 1. The number of rotatable bonds is 7. The number of carbonyl (C=O) groups excluding carboxylic acids is 2. The number of anilines is 1. The molecule has 2 rings (SSSR count). The lowest BCUT2D eigenvalue weighted by Crippen LogP contribution is -2.41. The molecular weight excluding hydrogens is 318 g/mol. The van der Waals surface area contributed by atoms with Gasteiger partial charge in [0.05, 0.1) is 6.26 Å². The van der Waals surface area contributed by atoms with Crippen molar-refractivity contribution in [1.82, 2.24) is 10.6 Å². The van der Waals surface area contributed by atoms with Gasteiger partial charge in [0.25, 0.3) is 0 Å². The van der Waals surface area contributed by atoms with Gasteiger partial charge in [-0.15, -0.1) is 0 Å². The summed E-state index contributed by atoms with van der Waals surface area (Å²) >= 11 is 0. The maximum atomic E-state index is 11.8. The molecular formula is C15H21N3O4S. The van der Waals surface area contributed by atoms with Gasteiger partial charge in [-0.3, -0.25) is 14.3 Å². The van der Waals surface area contributed by atoms with Crippen molar-refractivity contribution in [2.24, 2.45) is 0 Å². The van der Waals surface area contributed by atoms with Crippen molar-refractivity contribution in [3.8, 4) is 0 Å². The van der Waals surface area contributed by atoms with E-state index in [1.807, 2.05) is 12.1 Å². The lowest BCUT2D eigenvalue weighted by atomic mass is 10.1. The first-order chi connectivity index (χ1) is 10.8. The van der Waals surface area contributed by atoms with Crippen molar-refractivity contribution in [3.63, 3.8) is 0 Å². The first kappa shape index (κ1) is 17.3. The van der Waals surface area contributed by atoms with E-state index in [1.54, 1.807) is 12.1 Å². The smallest absolute Gasteiger partial charge is 0.242 e. The Labute approximate surface area is 135 Å². The van der Waals surface area contributed by atoms with Gasteiger partial charge in [-0.1, -0.05) is 12.1 Å². The number of aryl methyl sites for hydroxylation is 1. The van der Waals surface area contributed by atoms with E-state index >= 15 is 0 Å². The maximum Gasteiger partial charge on any atom is 0.242 e. The predicted octanol–water partition coefficient (Wildman–Crippen LogP) is 0.386. The third-order valence-corrected chi connectivity index (χ3v) is 4.12. The van der Waals surface area contributed by atoms with Crippen molar-refractivity contribution in [2.45, 2.75) is 31.7 Å². The second-order valence-corrected chi connectivity index (χ2v) is 7.37. The number of benzene rings is 1. The molecule has 23 heavy (non-hydrogen) atoms. The summed E-state index contributed by atoms with van der Waals surface area (Å²) in [6.07, 6.45) is 3.61. The fourth-order valence-electron chi connectivity index (χ4n) is 2.39. The van der Waals surface area contributed by atoms with E-state index in [2.05, 4.69) is 15.4 Å². The van der Waals surface area contributed by atoms with Crippen LogP contribution in [0.15, 0.2) is 24.3 Å². The lowest BCUT2D eigenvalue weighted by Gasteiger charge is -2.11. The Morgan fingerprint density at radius 2 is 2.00 bits per heavy atom. The summed E-state index contributed by atoms with van der Waals surface area (Å²) in [5.74, 6) is -0.212. The molecule has 7 nitrogen and oxygen atoms in total. The second kappa shape index (κ2) is 7.45. The van der Waals surface area contributed by atoms with Crippen LogP contribution < -0.4 is 15.4 Å². The molecule has 1 saturated heterocycles. The number of hydrogen-bond acceptors (Lipinski definition) is 4. The summed E-state index contributed by atoms with van der Waals surface area (Å²) < 4.78 is 24.6. The van der Waals surface area contributed by atoms with Crippen LogP contribution in [0.5, 0.6) is 0 Å². The van der Waals surface area contributed by atoms with Gasteiger partial charge in [0.1, 0.15) is 6.04 Å². The predicted molar refractivity (Wildman–Crippen MR) is 87.4 cm³/mol. The normalized spacial score (nSPS) is 17.6. The van der Waals surface area contributed by atoms with Crippen molar-refractivity contribution in [1.29, 1.82) is 0 Å². The largest absolute Gasteiger partial charge is 0.354 e. The van der Waals surface area contributed by atoms with Gasteiger partial charge in [-0.05, 0) is 37.0 Å². The Morgan fingerprint density at radius 3 is 2.57 bits per heavy atom. The molecule has 1 aromatic carbocycles. The number of amides is 2. The van der Waals surface area contributed by atoms with E-state index < -0.39 is 16.1 Å².